The Morgan fingerprint density at radius 1 is 0.855 bits per heavy atom. The first-order valence-corrected chi connectivity index (χ1v) is 19.7. The first-order chi connectivity index (χ1) is 27.1. The molecule has 0 bridgehead atoms. The Labute approximate surface area is 323 Å². The van der Waals surface area contributed by atoms with Gasteiger partial charge in [-0.1, -0.05) is 110 Å². The van der Waals surface area contributed by atoms with Gasteiger partial charge in [0.2, 0.25) is 0 Å². The molecule has 0 saturated carbocycles. The van der Waals surface area contributed by atoms with E-state index < -0.39 is 0 Å². The molecule has 272 valence electrons. The van der Waals surface area contributed by atoms with Crippen LogP contribution in [0.1, 0.15) is 69.1 Å². The predicted octanol–water partition coefficient (Wildman–Crippen LogP) is 11.1. The fraction of sp³-hybridized carbons (Fsp3) is 0.224. The molecule has 2 unspecified atom stereocenters. The van der Waals surface area contributed by atoms with Gasteiger partial charge in [-0.05, 0) is 103 Å². The minimum absolute atomic E-state index is 0.230. The fourth-order valence-corrected chi connectivity index (χ4v) is 8.72. The highest BCUT2D eigenvalue weighted by Gasteiger charge is 2.30. The smallest absolute Gasteiger partial charge is 0.175 e. The summed E-state index contributed by atoms with van der Waals surface area (Å²) in [6.45, 7) is 4.42. The minimum Gasteiger partial charge on any atom is -0.390 e. The molecule has 2 aliphatic carbocycles. The number of hydrogen-bond donors (Lipinski definition) is 1. The minimum atomic E-state index is -0.230. The average molecular weight is 719 g/mol. The lowest BCUT2D eigenvalue weighted by Gasteiger charge is -2.27. The molecule has 55 heavy (non-hydrogen) atoms. The molecule has 6 heteroatoms. The molecule has 4 aromatic carbocycles. The summed E-state index contributed by atoms with van der Waals surface area (Å²) < 4.78 is 2.38. The Morgan fingerprint density at radius 2 is 1.56 bits per heavy atom. The molecule has 0 spiro atoms. The van der Waals surface area contributed by atoms with Gasteiger partial charge in [-0.3, -0.25) is 9.98 Å². The average Bonchev–Trinajstić information content (AvgIpc) is 3.33. The van der Waals surface area contributed by atoms with Crippen LogP contribution in [0.5, 0.6) is 0 Å². The normalized spacial score (nSPS) is 21.2. The maximum absolute atomic E-state index is 6.04. The van der Waals surface area contributed by atoms with Crippen molar-refractivity contribution >= 4 is 51.0 Å². The summed E-state index contributed by atoms with van der Waals surface area (Å²) in [7, 11) is 0. The van der Waals surface area contributed by atoms with Crippen LogP contribution in [-0.2, 0) is 6.42 Å². The zero-order chi connectivity index (χ0) is 37.3. The summed E-state index contributed by atoms with van der Waals surface area (Å²) in [5, 5.41) is 2.55. The van der Waals surface area contributed by atoms with Crippen LogP contribution >= 0.6 is 0 Å². The summed E-state index contributed by atoms with van der Waals surface area (Å²) in [6, 6.07) is 34.7. The van der Waals surface area contributed by atoms with Gasteiger partial charge in [-0.15, -0.1) is 0 Å². The molecule has 6 nitrogen and oxygen atoms in total. The molecule has 3 heterocycles. The van der Waals surface area contributed by atoms with Crippen molar-refractivity contribution in [2.75, 3.05) is 0 Å². The number of hydrogen-bond acceptors (Lipinski definition) is 4. The van der Waals surface area contributed by atoms with E-state index in [0.717, 1.165) is 61.2 Å². The van der Waals surface area contributed by atoms with Crippen molar-refractivity contribution in [1.29, 1.82) is 0 Å². The van der Waals surface area contributed by atoms with E-state index in [1.54, 1.807) is 0 Å². The molecule has 0 fully saturated rings. The molecule has 5 aromatic rings. The van der Waals surface area contributed by atoms with E-state index in [9.17, 15) is 0 Å². The summed E-state index contributed by atoms with van der Waals surface area (Å²) >= 11 is 0. The maximum Gasteiger partial charge on any atom is 0.175 e. The Kier molecular flexibility index (Phi) is 9.41. The second-order valence-electron chi connectivity index (χ2n) is 15.2. The van der Waals surface area contributed by atoms with E-state index >= 15 is 0 Å². The lowest BCUT2D eigenvalue weighted by Crippen LogP contribution is -2.29. The van der Waals surface area contributed by atoms with Crippen molar-refractivity contribution in [3.8, 4) is 5.69 Å². The van der Waals surface area contributed by atoms with Gasteiger partial charge in [0.15, 0.2) is 5.84 Å². The zero-order valence-corrected chi connectivity index (χ0v) is 31.6. The Balaban J connectivity index is 1.09. The number of para-hydroxylation sites is 2. The number of rotatable bonds is 6. The number of benzene rings is 4. The number of nitrogens with two attached hydrogens (primary N) is 1. The lowest BCUT2D eigenvalue weighted by molar-refractivity contribution is 0.600. The predicted molar refractivity (Wildman–Crippen MR) is 232 cm³/mol. The van der Waals surface area contributed by atoms with E-state index in [-0.39, 0.29) is 6.04 Å². The molecule has 0 radical (unpaired) electrons. The van der Waals surface area contributed by atoms with Gasteiger partial charge in [0.1, 0.15) is 11.8 Å². The topological polar surface area (TPSA) is 80.4 Å². The highest BCUT2D eigenvalue weighted by atomic mass is 15.0. The van der Waals surface area contributed by atoms with Crippen molar-refractivity contribution in [3.05, 3.63) is 167 Å². The van der Waals surface area contributed by atoms with Crippen molar-refractivity contribution in [2.24, 2.45) is 31.6 Å². The van der Waals surface area contributed by atoms with E-state index in [0.29, 0.717) is 18.2 Å². The monoisotopic (exact) mass is 718 g/mol. The summed E-state index contributed by atoms with van der Waals surface area (Å²) in [5.41, 5.74) is 21.0. The number of amidine groups is 1. The molecule has 0 saturated heterocycles. The van der Waals surface area contributed by atoms with E-state index in [1.165, 1.54) is 67.3 Å². The van der Waals surface area contributed by atoms with Gasteiger partial charge in [0, 0.05) is 40.4 Å². The van der Waals surface area contributed by atoms with E-state index in [1.807, 2.05) is 6.20 Å². The molecule has 2 N–H and O–H groups in total. The van der Waals surface area contributed by atoms with Crippen LogP contribution in [0.15, 0.2) is 170 Å². The van der Waals surface area contributed by atoms with Crippen LogP contribution in [0, 0.1) is 5.92 Å². The number of aromatic nitrogens is 1. The molecular formula is C49H46N6. The Morgan fingerprint density at radius 3 is 2.33 bits per heavy atom. The number of nitrogens with zero attached hydrogens (tertiary/aromatic N) is 5. The van der Waals surface area contributed by atoms with Crippen LogP contribution in [-0.4, -0.2) is 34.2 Å². The van der Waals surface area contributed by atoms with E-state index in [2.05, 4.69) is 140 Å². The van der Waals surface area contributed by atoms with Crippen LogP contribution in [0.25, 0.3) is 33.1 Å². The summed E-state index contributed by atoms with van der Waals surface area (Å²) in [6.07, 6.45) is 19.1. The first kappa shape index (κ1) is 34.6. The first-order valence-electron chi connectivity index (χ1n) is 19.7. The van der Waals surface area contributed by atoms with Crippen molar-refractivity contribution in [1.82, 2.24) is 4.57 Å². The Hall–Kier alpha value is -6.14. The van der Waals surface area contributed by atoms with E-state index in [4.69, 9.17) is 25.7 Å². The summed E-state index contributed by atoms with van der Waals surface area (Å²) in [5.74, 6) is 1.03. The van der Waals surface area contributed by atoms with Gasteiger partial charge in [-0.25, -0.2) is 9.98 Å². The van der Waals surface area contributed by atoms with Gasteiger partial charge in [-0.2, -0.15) is 0 Å². The van der Waals surface area contributed by atoms with Gasteiger partial charge in [0.25, 0.3) is 0 Å². The highest BCUT2D eigenvalue weighted by molar-refractivity contribution is 6.50. The molecule has 0 amide bonds. The second-order valence-corrected chi connectivity index (χ2v) is 15.2. The van der Waals surface area contributed by atoms with Crippen molar-refractivity contribution in [2.45, 2.75) is 64.8 Å². The number of allylic oxidation sites excluding steroid dienone is 8. The SMILES string of the molecule is CC1=CN=C(C2=NC(/C(N=CN)=C3\C=CCCC3C)CC(C3=CC=C(c4ccc(-n5c6ccccc6c6ccccc65)cc4)CCC3)=N2)c2ccccc2C1. The third kappa shape index (κ3) is 6.67. The largest absolute Gasteiger partial charge is 0.390 e. The quantitative estimate of drug-likeness (QED) is 0.138. The molecule has 2 aliphatic heterocycles. The third-order valence-electron chi connectivity index (χ3n) is 11.5. The number of fused-ring (bicyclic) bond motifs is 4. The molecule has 2 atom stereocenters. The van der Waals surface area contributed by atoms with Gasteiger partial charge >= 0.3 is 0 Å². The van der Waals surface area contributed by atoms with Crippen molar-refractivity contribution < 1.29 is 0 Å². The van der Waals surface area contributed by atoms with Crippen LogP contribution in [0.3, 0.4) is 0 Å². The molecular weight excluding hydrogens is 673 g/mol. The fourth-order valence-electron chi connectivity index (χ4n) is 8.72. The molecule has 1 aromatic heterocycles. The lowest BCUT2D eigenvalue weighted by atomic mass is 9.86. The molecule has 9 rings (SSSR count). The standard InChI is InChI=1S/C49H46N6/c1-32-28-37-13-4-6-17-40(37)48(51-30-32)49-53-43(29-44(54-49)47(52-31-50)39-16-5-3-12-33(39)2)36-15-11-14-34(22-23-36)35-24-26-38(27-25-35)55-45-20-9-7-18-41(45)42-19-8-10-21-46(42)55/h4-10,13,16-27,30-31,33,44H,3,11-12,14-15,28-29H2,1-2H3,(H2,50,52)/b47-39-. The van der Waals surface area contributed by atoms with Crippen LogP contribution < -0.4 is 5.73 Å². The summed E-state index contributed by atoms with van der Waals surface area (Å²) in [4.78, 5) is 20.6. The Bertz CT molecular complexity index is 2550. The van der Waals surface area contributed by atoms with Crippen LogP contribution in [0.4, 0.5) is 0 Å². The molecule has 4 aliphatic rings. The zero-order valence-electron chi connectivity index (χ0n) is 31.6. The van der Waals surface area contributed by atoms with Gasteiger partial charge in [0.05, 0.1) is 23.1 Å². The van der Waals surface area contributed by atoms with Crippen molar-refractivity contribution in [3.63, 3.8) is 0 Å². The second kappa shape index (κ2) is 14.9. The van der Waals surface area contributed by atoms with Gasteiger partial charge < -0.3 is 10.3 Å². The van der Waals surface area contributed by atoms with Crippen LogP contribution in [0.2, 0.25) is 0 Å². The maximum atomic E-state index is 6.04. The third-order valence-corrected chi connectivity index (χ3v) is 11.5. The number of aliphatic imine (C=N–C) groups is 4. The highest BCUT2D eigenvalue weighted by Crippen LogP contribution is 2.36.